The van der Waals surface area contributed by atoms with Crippen molar-refractivity contribution in [3.8, 4) is 0 Å². The number of benzene rings is 1. The summed E-state index contributed by atoms with van der Waals surface area (Å²) in [5.41, 5.74) is 4.38. The van der Waals surface area contributed by atoms with Gasteiger partial charge in [0.15, 0.2) is 0 Å². The zero-order valence-electron chi connectivity index (χ0n) is 14.5. The predicted octanol–water partition coefficient (Wildman–Crippen LogP) is 5.11. The SMILES string of the molecule is CN(C)c1ccc([C@@H]2O[C@@H]3CCCC[C@H]3C3=CCCC[C@@H]32)cc1. The van der Waals surface area contributed by atoms with Crippen molar-refractivity contribution in [2.75, 3.05) is 19.0 Å². The lowest BCUT2D eigenvalue weighted by atomic mass is 9.68. The lowest BCUT2D eigenvalue weighted by Crippen LogP contribution is -2.41. The summed E-state index contributed by atoms with van der Waals surface area (Å²) >= 11 is 0. The summed E-state index contributed by atoms with van der Waals surface area (Å²) in [6.45, 7) is 0. The van der Waals surface area contributed by atoms with Gasteiger partial charge >= 0.3 is 0 Å². The van der Waals surface area contributed by atoms with Crippen LogP contribution >= 0.6 is 0 Å². The van der Waals surface area contributed by atoms with Crippen LogP contribution in [0.1, 0.15) is 56.6 Å². The molecule has 1 aromatic carbocycles. The second-order valence-corrected chi connectivity index (χ2v) is 7.71. The van der Waals surface area contributed by atoms with E-state index < -0.39 is 0 Å². The largest absolute Gasteiger partial charge is 0.378 e. The van der Waals surface area contributed by atoms with Crippen molar-refractivity contribution in [2.45, 2.75) is 57.2 Å². The zero-order valence-corrected chi connectivity index (χ0v) is 14.5. The van der Waals surface area contributed by atoms with Crippen LogP contribution in [-0.2, 0) is 4.74 Å². The molecule has 2 nitrogen and oxygen atoms in total. The summed E-state index contributed by atoms with van der Waals surface area (Å²) in [6.07, 6.45) is 12.5. The monoisotopic (exact) mass is 311 g/mol. The van der Waals surface area contributed by atoms with Gasteiger partial charge in [0.2, 0.25) is 0 Å². The highest BCUT2D eigenvalue weighted by Gasteiger charge is 2.43. The molecule has 1 aromatic rings. The second-order valence-electron chi connectivity index (χ2n) is 7.71. The molecule has 1 saturated heterocycles. The quantitative estimate of drug-likeness (QED) is 0.704. The molecule has 4 atom stereocenters. The van der Waals surface area contributed by atoms with Crippen LogP contribution in [0.3, 0.4) is 0 Å². The first-order chi connectivity index (χ1) is 11.2. The van der Waals surface area contributed by atoms with E-state index in [-0.39, 0.29) is 6.10 Å². The number of allylic oxidation sites excluding steroid dienone is 1. The average Bonchev–Trinajstić information content (AvgIpc) is 2.61. The lowest BCUT2D eigenvalue weighted by molar-refractivity contribution is -0.106. The average molecular weight is 311 g/mol. The molecule has 0 amide bonds. The molecule has 1 aliphatic heterocycles. The van der Waals surface area contributed by atoms with E-state index in [1.165, 1.54) is 56.2 Å². The molecule has 0 bridgehead atoms. The van der Waals surface area contributed by atoms with E-state index in [1.807, 2.05) is 0 Å². The first kappa shape index (κ1) is 15.3. The lowest BCUT2D eigenvalue weighted by Gasteiger charge is -2.47. The molecule has 2 aliphatic carbocycles. The van der Waals surface area contributed by atoms with Crippen LogP contribution in [0.2, 0.25) is 0 Å². The van der Waals surface area contributed by atoms with Crippen molar-refractivity contribution in [2.24, 2.45) is 11.8 Å². The van der Waals surface area contributed by atoms with Gasteiger partial charge in [0.1, 0.15) is 0 Å². The molecule has 1 saturated carbocycles. The summed E-state index contributed by atoms with van der Waals surface area (Å²) in [5.74, 6) is 1.33. The molecule has 2 heteroatoms. The Bertz CT molecular complexity index is 574. The Hall–Kier alpha value is -1.28. The van der Waals surface area contributed by atoms with Crippen molar-refractivity contribution in [3.63, 3.8) is 0 Å². The molecule has 0 N–H and O–H groups in total. The van der Waals surface area contributed by atoms with Gasteiger partial charge in [-0.05, 0) is 49.8 Å². The third-order valence-electron chi connectivity index (χ3n) is 6.08. The smallest absolute Gasteiger partial charge is 0.0894 e. The van der Waals surface area contributed by atoms with E-state index in [0.717, 1.165) is 0 Å². The van der Waals surface area contributed by atoms with Crippen molar-refractivity contribution in [3.05, 3.63) is 41.5 Å². The van der Waals surface area contributed by atoms with Gasteiger partial charge in [0.25, 0.3) is 0 Å². The molecule has 0 unspecified atom stereocenters. The van der Waals surface area contributed by atoms with E-state index in [4.69, 9.17) is 4.74 Å². The minimum absolute atomic E-state index is 0.275. The number of fused-ring (bicyclic) bond motifs is 3. The summed E-state index contributed by atoms with van der Waals surface area (Å²) in [5, 5.41) is 0. The Kier molecular flexibility index (Phi) is 4.19. The van der Waals surface area contributed by atoms with E-state index >= 15 is 0 Å². The summed E-state index contributed by atoms with van der Waals surface area (Å²) in [6, 6.07) is 9.04. The number of ether oxygens (including phenoxy) is 1. The summed E-state index contributed by atoms with van der Waals surface area (Å²) < 4.78 is 6.69. The number of hydrogen-bond acceptors (Lipinski definition) is 2. The van der Waals surface area contributed by atoms with Gasteiger partial charge in [0.05, 0.1) is 12.2 Å². The summed E-state index contributed by atoms with van der Waals surface area (Å²) in [4.78, 5) is 2.16. The molecule has 0 aromatic heterocycles. The van der Waals surface area contributed by atoms with Crippen molar-refractivity contribution >= 4 is 5.69 Å². The van der Waals surface area contributed by atoms with Crippen LogP contribution in [0.4, 0.5) is 5.69 Å². The van der Waals surface area contributed by atoms with Crippen molar-refractivity contribution in [1.82, 2.24) is 0 Å². The van der Waals surface area contributed by atoms with Gasteiger partial charge in [-0.15, -0.1) is 0 Å². The minimum Gasteiger partial charge on any atom is -0.378 e. The van der Waals surface area contributed by atoms with E-state index in [2.05, 4.69) is 49.3 Å². The van der Waals surface area contributed by atoms with Crippen molar-refractivity contribution in [1.29, 1.82) is 0 Å². The highest BCUT2D eigenvalue weighted by Crippen LogP contribution is 2.51. The maximum absolute atomic E-state index is 6.69. The first-order valence-corrected chi connectivity index (χ1v) is 9.37. The Morgan fingerprint density at radius 3 is 2.43 bits per heavy atom. The Morgan fingerprint density at radius 2 is 1.65 bits per heavy atom. The van der Waals surface area contributed by atoms with E-state index in [9.17, 15) is 0 Å². The van der Waals surface area contributed by atoms with Gasteiger partial charge < -0.3 is 9.64 Å². The normalized spacial score (nSPS) is 33.4. The van der Waals surface area contributed by atoms with Crippen LogP contribution < -0.4 is 4.90 Å². The highest BCUT2D eigenvalue weighted by molar-refractivity contribution is 5.46. The van der Waals surface area contributed by atoms with Crippen LogP contribution in [0.15, 0.2) is 35.9 Å². The molecular formula is C21H29NO. The maximum atomic E-state index is 6.69. The molecule has 2 fully saturated rings. The topological polar surface area (TPSA) is 12.5 Å². The minimum atomic E-state index is 0.275. The second kappa shape index (κ2) is 6.32. The van der Waals surface area contributed by atoms with Gasteiger partial charge in [-0.1, -0.05) is 36.6 Å². The van der Waals surface area contributed by atoms with Gasteiger partial charge in [-0.2, -0.15) is 0 Å². The fourth-order valence-corrected chi connectivity index (χ4v) is 4.87. The van der Waals surface area contributed by atoms with Crippen molar-refractivity contribution < 1.29 is 4.74 Å². The van der Waals surface area contributed by atoms with Gasteiger partial charge in [0, 0.05) is 31.6 Å². The highest BCUT2D eigenvalue weighted by atomic mass is 16.5. The van der Waals surface area contributed by atoms with E-state index in [0.29, 0.717) is 17.9 Å². The fraction of sp³-hybridized carbons (Fsp3) is 0.619. The van der Waals surface area contributed by atoms with Crippen LogP contribution in [-0.4, -0.2) is 20.2 Å². The molecule has 0 radical (unpaired) electrons. The van der Waals surface area contributed by atoms with Crippen LogP contribution in [0, 0.1) is 11.8 Å². The number of hydrogen-bond donors (Lipinski definition) is 0. The molecule has 3 aliphatic rings. The molecule has 23 heavy (non-hydrogen) atoms. The molecular weight excluding hydrogens is 282 g/mol. The predicted molar refractivity (Wildman–Crippen MR) is 95.8 cm³/mol. The maximum Gasteiger partial charge on any atom is 0.0894 e. The first-order valence-electron chi connectivity index (χ1n) is 9.37. The van der Waals surface area contributed by atoms with Gasteiger partial charge in [-0.25, -0.2) is 0 Å². The fourth-order valence-electron chi connectivity index (χ4n) is 4.87. The zero-order chi connectivity index (χ0) is 15.8. The third kappa shape index (κ3) is 2.82. The van der Waals surface area contributed by atoms with Crippen LogP contribution in [0.25, 0.3) is 0 Å². The Balaban J connectivity index is 1.64. The van der Waals surface area contributed by atoms with Crippen LogP contribution in [0.5, 0.6) is 0 Å². The summed E-state index contributed by atoms with van der Waals surface area (Å²) in [7, 11) is 4.20. The van der Waals surface area contributed by atoms with E-state index in [1.54, 1.807) is 5.57 Å². The molecule has 4 rings (SSSR count). The molecule has 1 heterocycles. The standard InChI is InChI=1S/C21H29NO/c1-22(2)16-13-11-15(12-14-16)21-19-9-4-3-7-17(19)18-8-5-6-10-20(18)23-21/h7,11-14,18-21H,3-6,8-10H2,1-2H3/t18-,19-,20+,21-/m0/s1. The Labute approximate surface area is 140 Å². The number of anilines is 1. The molecule has 124 valence electrons. The molecule has 0 spiro atoms. The Morgan fingerprint density at radius 1 is 0.913 bits per heavy atom. The van der Waals surface area contributed by atoms with Gasteiger partial charge in [-0.3, -0.25) is 0 Å². The number of rotatable bonds is 2. The number of nitrogens with zero attached hydrogens (tertiary/aromatic N) is 1. The third-order valence-corrected chi connectivity index (χ3v) is 6.08.